The van der Waals surface area contributed by atoms with Gasteiger partial charge < -0.3 is 4.74 Å². The number of halogens is 1. The fourth-order valence-electron chi connectivity index (χ4n) is 1.77. The van der Waals surface area contributed by atoms with Gasteiger partial charge in [0.05, 0.1) is 6.20 Å². The number of aromatic nitrogens is 2. The molecule has 0 saturated carbocycles. The van der Waals surface area contributed by atoms with Gasteiger partial charge in [-0.05, 0) is 11.5 Å². The Morgan fingerprint density at radius 1 is 1.25 bits per heavy atom. The van der Waals surface area contributed by atoms with Gasteiger partial charge in [-0.2, -0.15) is 4.98 Å². The molecule has 0 aliphatic heterocycles. The first-order valence-electron chi connectivity index (χ1n) is 6.18. The summed E-state index contributed by atoms with van der Waals surface area (Å²) >= 11 is 6.05. The number of hydrazine groups is 1. The van der Waals surface area contributed by atoms with E-state index in [0.29, 0.717) is 10.8 Å². The molecule has 1 aromatic heterocycles. The molecule has 0 amide bonds. The lowest BCUT2D eigenvalue weighted by Crippen LogP contribution is -2.13. The summed E-state index contributed by atoms with van der Waals surface area (Å²) in [4.78, 5) is 8.02. The standard InChI is InChI=1S/C14H17ClN4O/c1-14(2,3)9-6-4-5-7-11(9)20-12-10(15)8-17-13(18-12)19-16/h4-8H,16H2,1-3H3,(H,17,18,19). The first kappa shape index (κ1) is 14.6. The van der Waals surface area contributed by atoms with Gasteiger partial charge >= 0.3 is 0 Å². The molecule has 0 spiro atoms. The van der Waals surface area contributed by atoms with Crippen molar-refractivity contribution in [3.8, 4) is 11.6 Å². The van der Waals surface area contributed by atoms with Crippen molar-refractivity contribution in [3.63, 3.8) is 0 Å². The van der Waals surface area contributed by atoms with E-state index in [1.54, 1.807) is 0 Å². The third kappa shape index (κ3) is 3.18. The van der Waals surface area contributed by atoms with Gasteiger partial charge in [0.15, 0.2) is 0 Å². The average molecular weight is 293 g/mol. The van der Waals surface area contributed by atoms with Crippen LogP contribution >= 0.6 is 11.6 Å². The van der Waals surface area contributed by atoms with Crippen molar-refractivity contribution in [2.24, 2.45) is 5.84 Å². The molecule has 0 saturated heterocycles. The van der Waals surface area contributed by atoms with E-state index in [1.165, 1.54) is 6.20 Å². The summed E-state index contributed by atoms with van der Waals surface area (Å²) < 4.78 is 5.83. The molecule has 0 unspecified atom stereocenters. The Balaban J connectivity index is 2.40. The predicted molar refractivity (Wildman–Crippen MR) is 80.1 cm³/mol. The van der Waals surface area contributed by atoms with E-state index in [0.717, 1.165) is 5.56 Å². The highest BCUT2D eigenvalue weighted by atomic mass is 35.5. The molecule has 0 fully saturated rings. The number of para-hydroxylation sites is 1. The van der Waals surface area contributed by atoms with Gasteiger partial charge in [-0.1, -0.05) is 50.6 Å². The number of nitrogen functional groups attached to an aromatic ring is 1. The zero-order valence-electron chi connectivity index (χ0n) is 11.6. The highest BCUT2D eigenvalue weighted by molar-refractivity contribution is 6.31. The Bertz CT molecular complexity index is 610. The number of ether oxygens (including phenoxy) is 1. The first-order valence-corrected chi connectivity index (χ1v) is 6.56. The van der Waals surface area contributed by atoms with Crippen LogP contribution in [0.15, 0.2) is 30.5 Å². The number of nitrogens with one attached hydrogen (secondary N) is 1. The minimum absolute atomic E-state index is 0.0505. The zero-order chi connectivity index (χ0) is 14.8. The van der Waals surface area contributed by atoms with E-state index in [9.17, 15) is 0 Å². The Morgan fingerprint density at radius 3 is 2.60 bits per heavy atom. The Labute approximate surface area is 123 Å². The summed E-state index contributed by atoms with van der Waals surface area (Å²) in [6.45, 7) is 6.34. The molecule has 106 valence electrons. The van der Waals surface area contributed by atoms with E-state index in [1.807, 2.05) is 24.3 Å². The maximum absolute atomic E-state index is 6.05. The summed E-state index contributed by atoms with van der Waals surface area (Å²) in [5, 5.41) is 0.327. The molecule has 1 heterocycles. The monoisotopic (exact) mass is 292 g/mol. The minimum atomic E-state index is -0.0505. The first-order chi connectivity index (χ1) is 9.41. The molecular formula is C14H17ClN4O. The minimum Gasteiger partial charge on any atom is -0.437 e. The van der Waals surface area contributed by atoms with Gasteiger partial charge in [0.25, 0.3) is 0 Å². The van der Waals surface area contributed by atoms with Crippen LogP contribution in [0.3, 0.4) is 0 Å². The summed E-state index contributed by atoms with van der Waals surface area (Å²) in [5.74, 6) is 6.52. The summed E-state index contributed by atoms with van der Waals surface area (Å²) in [6, 6.07) is 7.78. The second kappa shape index (κ2) is 5.64. The van der Waals surface area contributed by atoms with Crippen molar-refractivity contribution in [2.45, 2.75) is 26.2 Å². The number of hydrogen-bond acceptors (Lipinski definition) is 5. The molecule has 1 aromatic carbocycles. The van der Waals surface area contributed by atoms with Crippen LogP contribution in [0.2, 0.25) is 5.02 Å². The maximum Gasteiger partial charge on any atom is 0.243 e. The third-order valence-electron chi connectivity index (χ3n) is 2.74. The van der Waals surface area contributed by atoms with E-state index >= 15 is 0 Å². The van der Waals surface area contributed by atoms with Crippen LogP contribution in [0, 0.1) is 0 Å². The summed E-state index contributed by atoms with van der Waals surface area (Å²) in [6.07, 6.45) is 1.44. The lowest BCUT2D eigenvalue weighted by Gasteiger charge is -2.22. The molecular weight excluding hydrogens is 276 g/mol. The molecule has 20 heavy (non-hydrogen) atoms. The Kier molecular flexibility index (Phi) is 4.11. The van der Waals surface area contributed by atoms with Crippen molar-refractivity contribution >= 4 is 17.5 Å². The molecule has 2 rings (SSSR count). The van der Waals surface area contributed by atoms with Crippen molar-refractivity contribution < 1.29 is 4.74 Å². The van der Waals surface area contributed by atoms with Gasteiger partial charge in [-0.3, -0.25) is 5.43 Å². The molecule has 6 heteroatoms. The maximum atomic E-state index is 6.05. The fourth-order valence-corrected chi connectivity index (χ4v) is 1.90. The number of nitrogens with zero attached hydrogens (tertiary/aromatic N) is 2. The smallest absolute Gasteiger partial charge is 0.243 e. The van der Waals surface area contributed by atoms with Crippen molar-refractivity contribution in [3.05, 3.63) is 41.0 Å². The van der Waals surface area contributed by atoms with Crippen LogP contribution in [0.25, 0.3) is 0 Å². The van der Waals surface area contributed by atoms with E-state index in [-0.39, 0.29) is 17.2 Å². The third-order valence-corrected chi connectivity index (χ3v) is 3.00. The normalized spacial score (nSPS) is 11.2. The van der Waals surface area contributed by atoms with Gasteiger partial charge in [0.1, 0.15) is 10.8 Å². The Morgan fingerprint density at radius 2 is 1.95 bits per heavy atom. The van der Waals surface area contributed by atoms with Crippen LogP contribution in [-0.4, -0.2) is 9.97 Å². The number of benzene rings is 1. The quantitative estimate of drug-likeness (QED) is 0.669. The number of hydrogen-bond donors (Lipinski definition) is 2. The summed E-state index contributed by atoms with van der Waals surface area (Å²) in [7, 11) is 0. The molecule has 2 aromatic rings. The number of anilines is 1. The molecule has 0 bridgehead atoms. The van der Waals surface area contributed by atoms with Crippen LogP contribution in [-0.2, 0) is 5.41 Å². The van der Waals surface area contributed by atoms with Gasteiger partial charge in [-0.25, -0.2) is 10.8 Å². The van der Waals surface area contributed by atoms with Crippen LogP contribution in [0.4, 0.5) is 5.95 Å². The molecule has 5 nitrogen and oxygen atoms in total. The topological polar surface area (TPSA) is 73.1 Å². The molecule has 0 aliphatic rings. The van der Waals surface area contributed by atoms with E-state index in [4.69, 9.17) is 22.2 Å². The fraction of sp³-hybridized carbons (Fsp3) is 0.286. The number of nitrogens with two attached hydrogens (primary N) is 1. The van der Waals surface area contributed by atoms with Crippen molar-refractivity contribution in [1.82, 2.24) is 9.97 Å². The second-order valence-corrected chi connectivity index (χ2v) is 5.75. The van der Waals surface area contributed by atoms with Crippen LogP contribution in [0.1, 0.15) is 26.3 Å². The summed E-state index contributed by atoms with van der Waals surface area (Å²) in [5.41, 5.74) is 3.38. The van der Waals surface area contributed by atoms with Crippen molar-refractivity contribution in [1.29, 1.82) is 0 Å². The van der Waals surface area contributed by atoms with E-state index < -0.39 is 0 Å². The largest absolute Gasteiger partial charge is 0.437 e. The molecule has 0 atom stereocenters. The number of rotatable bonds is 3. The van der Waals surface area contributed by atoms with Gasteiger partial charge in [0.2, 0.25) is 11.8 Å². The Hall–Kier alpha value is -1.85. The molecule has 0 radical (unpaired) electrons. The van der Waals surface area contributed by atoms with Crippen LogP contribution in [0.5, 0.6) is 11.6 Å². The average Bonchev–Trinajstić information content (AvgIpc) is 2.41. The molecule has 3 N–H and O–H groups in total. The molecule has 0 aliphatic carbocycles. The second-order valence-electron chi connectivity index (χ2n) is 5.34. The van der Waals surface area contributed by atoms with Crippen LogP contribution < -0.4 is 16.0 Å². The van der Waals surface area contributed by atoms with Gasteiger partial charge in [-0.15, -0.1) is 0 Å². The highest BCUT2D eigenvalue weighted by Gasteiger charge is 2.19. The van der Waals surface area contributed by atoms with Crippen molar-refractivity contribution in [2.75, 3.05) is 5.43 Å². The predicted octanol–water partition coefficient (Wildman–Crippen LogP) is 3.51. The lowest BCUT2D eigenvalue weighted by molar-refractivity contribution is 0.439. The lowest BCUT2D eigenvalue weighted by atomic mass is 9.86. The van der Waals surface area contributed by atoms with Gasteiger partial charge in [0, 0.05) is 5.56 Å². The SMILES string of the molecule is CC(C)(C)c1ccccc1Oc1nc(NN)ncc1Cl. The zero-order valence-corrected chi connectivity index (χ0v) is 12.4. The highest BCUT2D eigenvalue weighted by Crippen LogP contribution is 2.35. The van der Waals surface area contributed by atoms with E-state index in [2.05, 4.69) is 36.2 Å².